The molecule has 148 valence electrons. The average Bonchev–Trinajstić information content (AvgIpc) is 3.13. The Morgan fingerprint density at radius 2 is 1.83 bits per heavy atom. The average molecular weight is 410 g/mol. The molecule has 1 aromatic heterocycles. The summed E-state index contributed by atoms with van der Waals surface area (Å²) in [5.74, 6) is -0.546. The number of carbonyl (C=O) groups excluding carboxylic acids is 2. The van der Waals surface area contributed by atoms with Gasteiger partial charge in [-0.25, -0.2) is 9.48 Å². The Morgan fingerprint density at radius 1 is 1.10 bits per heavy atom. The number of carbonyl (C=O) groups is 2. The van der Waals surface area contributed by atoms with Gasteiger partial charge in [-0.3, -0.25) is 4.79 Å². The molecule has 0 spiro atoms. The topological polar surface area (TPSA) is 64.4 Å². The minimum absolute atomic E-state index is 0.0645. The highest BCUT2D eigenvalue weighted by Gasteiger charge is 2.31. The molecule has 0 bridgehead atoms. The molecule has 0 atom stereocenters. The number of amides is 1. The molecular formula is C22H20ClN3O3. The molecule has 7 heteroatoms. The van der Waals surface area contributed by atoms with Gasteiger partial charge in [0, 0.05) is 29.1 Å². The number of aromatic nitrogens is 2. The van der Waals surface area contributed by atoms with Crippen molar-refractivity contribution in [3.05, 3.63) is 82.1 Å². The van der Waals surface area contributed by atoms with E-state index in [1.807, 2.05) is 30.3 Å². The quantitative estimate of drug-likeness (QED) is 0.613. The number of nitrogens with zero attached hydrogens (tertiary/aromatic N) is 3. The van der Waals surface area contributed by atoms with Crippen LogP contribution in [0.2, 0.25) is 5.02 Å². The van der Waals surface area contributed by atoms with Crippen LogP contribution in [0.15, 0.2) is 54.6 Å². The monoisotopic (exact) mass is 409 g/mol. The second-order valence-electron chi connectivity index (χ2n) is 6.73. The third-order valence-electron chi connectivity index (χ3n) is 4.91. The molecule has 0 saturated carbocycles. The molecule has 2 heterocycles. The van der Waals surface area contributed by atoms with Crippen LogP contribution >= 0.6 is 11.6 Å². The summed E-state index contributed by atoms with van der Waals surface area (Å²) in [5, 5.41) is 5.16. The Labute approximate surface area is 173 Å². The number of esters is 1. The summed E-state index contributed by atoms with van der Waals surface area (Å²) < 4.78 is 6.96. The maximum atomic E-state index is 12.9. The van der Waals surface area contributed by atoms with Gasteiger partial charge in [-0.2, -0.15) is 5.10 Å². The van der Waals surface area contributed by atoms with Crippen LogP contribution in [-0.4, -0.2) is 39.7 Å². The first-order valence-electron chi connectivity index (χ1n) is 9.46. The first kappa shape index (κ1) is 19.2. The van der Waals surface area contributed by atoms with E-state index in [-0.39, 0.29) is 18.2 Å². The van der Waals surface area contributed by atoms with Gasteiger partial charge in [0.05, 0.1) is 24.5 Å². The number of halogens is 1. The van der Waals surface area contributed by atoms with Crippen LogP contribution < -0.4 is 0 Å². The second kappa shape index (κ2) is 8.09. The van der Waals surface area contributed by atoms with Crippen LogP contribution in [0.5, 0.6) is 0 Å². The Bertz CT molecular complexity index is 1050. The molecule has 1 amide bonds. The second-order valence-corrected chi connectivity index (χ2v) is 7.16. The molecule has 1 aliphatic rings. The fourth-order valence-electron chi connectivity index (χ4n) is 3.51. The summed E-state index contributed by atoms with van der Waals surface area (Å²) in [6.07, 6.45) is 0.586. The molecule has 29 heavy (non-hydrogen) atoms. The van der Waals surface area contributed by atoms with Crippen molar-refractivity contribution in [3.8, 4) is 5.69 Å². The number of hydrogen-bond donors (Lipinski definition) is 0. The first-order valence-corrected chi connectivity index (χ1v) is 9.84. The van der Waals surface area contributed by atoms with Gasteiger partial charge < -0.3 is 9.64 Å². The van der Waals surface area contributed by atoms with E-state index in [0.29, 0.717) is 30.1 Å². The summed E-state index contributed by atoms with van der Waals surface area (Å²) >= 11 is 6.00. The van der Waals surface area contributed by atoms with Crippen molar-refractivity contribution in [1.29, 1.82) is 0 Å². The molecule has 3 aromatic rings. The smallest absolute Gasteiger partial charge is 0.359 e. The fourth-order valence-corrected chi connectivity index (χ4v) is 3.64. The van der Waals surface area contributed by atoms with Gasteiger partial charge in [0.2, 0.25) is 0 Å². The van der Waals surface area contributed by atoms with Gasteiger partial charge in [-0.05, 0) is 43.3 Å². The van der Waals surface area contributed by atoms with E-state index in [2.05, 4.69) is 5.10 Å². The number of fused-ring (bicyclic) bond motifs is 1. The van der Waals surface area contributed by atoms with Crippen molar-refractivity contribution in [2.45, 2.75) is 19.9 Å². The zero-order valence-electron chi connectivity index (χ0n) is 16.0. The lowest BCUT2D eigenvalue weighted by Crippen LogP contribution is -2.36. The Hall–Kier alpha value is -3.12. The molecule has 0 N–H and O–H groups in total. The minimum atomic E-state index is -0.481. The van der Waals surface area contributed by atoms with Gasteiger partial charge in [0.25, 0.3) is 5.91 Å². The van der Waals surface area contributed by atoms with E-state index >= 15 is 0 Å². The molecule has 4 rings (SSSR count). The number of rotatable bonds is 4. The van der Waals surface area contributed by atoms with Crippen LogP contribution in [0, 0.1) is 0 Å². The zero-order chi connectivity index (χ0) is 20.4. The maximum absolute atomic E-state index is 12.9. The van der Waals surface area contributed by atoms with Crippen LogP contribution in [-0.2, 0) is 17.7 Å². The molecule has 0 fully saturated rings. The van der Waals surface area contributed by atoms with E-state index in [1.54, 1.807) is 40.8 Å². The van der Waals surface area contributed by atoms with E-state index in [9.17, 15) is 9.59 Å². The summed E-state index contributed by atoms with van der Waals surface area (Å²) in [6.45, 7) is 2.87. The number of ether oxygens (including phenoxy) is 1. The van der Waals surface area contributed by atoms with E-state index in [4.69, 9.17) is 16.3 Å². The zero-order valence-corrected chi connectivity index (χ0v) is 16.7. The number of hydrogen-bond acceptors (Lipinski definition) is 4. The molecule has 1 aliphatic heterocycles. The van der Waals surface area contributed by atoms with Crippen LogP contribution in [0.3, 0.4) is 0 Å². The minimum Gasteiger partial charge on any atom is -0.461 e. The van der Waals surface area contributed by atoms with Gasteiger partial charge in [0.15, 0.2) is 5.69 Å². The Morgan fingerprint density at radius 3 is 2.52 bits per heavy atom. The third kappa shape index (κ3) is 3.76. The van der Waals surface area contributed by atoms with Gasteiger partial charge in [-0.1, -0.05) is 29.8 Å². The van der Waals surface area contributed by atoms with Crippen molar-refractivity contribution in [2.24, 2.45) is 0 Å². The van der Waals surface area contributed by atoms with Crippen LogP contribution in [0.25, 0.3) is 5.69 Å². The highest BCUT2D eigenvalue weighted by atomic mass is 35.5. The molecule has 2 aromatic carbocycles. The van der Waals surface area contributed by atoms with Crippen molar-refractivity contribution in [1.82, 2.24) is 14.7 Å². The van der Waals surface area contributed by atoms with E-state index < -0.39 is 5.97 Å². The van der Waals surface area contributed by atoms with E-state index in [1.165, 1.54) is 0 Å². The van der Waals surface area contributed by atoms with Crippen molar-refractivity contribution in [2.75, 3.05) is 13.2 Å². The highest BCUT2D eigenvalue weighted by Crippen LogP contribution is 2.27. The predicted molar refractivity (Wildman–Crippen MR) is 109 cm³/mol. The van der Waals surface area contributed by atoms with E-state index in [0.717, 1.165) is 16.9 Å². The van der Waals surface area contributed by atoms with Gasteiger partial charge >= 0.3 is 5.97 Å². The van der Waals surface area contributed by atoms with Crippen molar-refractivity contribution < 1.29 is 14.3 Å². The summed E-state index contributed by atoms with van der Waals surface area (Å²) in [4.78, 5) is 27.2. The standard InChI is InChI=1S/C22H20ClN3O3/c1-2-29-22(28)20-18-14-25(21(27)15-6-4-3-5-7-15)13-12-19(18)26(24-20)17-10-8-16(23)9-11-17/h3-11H,2,12-14H2,1H3. The maximum Gasteiger partial charge on any atom is 0.359 e. The Kier molecular flexibility index (Phi) is 5.36. The van der Waals surface area contributed by atoms with Gasteiger partial charge in [-0.15, -0.1) is 0 Å². The van der Waals surface area contributed by atoms with Crippen molar-refractivity contribution >= 4 is 23.5 Å². The number of benzene rings is 2. The SMILES string of the molecule is CCOC(=O)c1nn(-c2ccc(Cl)cc2)c2c1CN(C(=O)c1ccccc1)CC2. The molecule has 0 saturated heterocycles. The highest BCUT2D eigenvalue weighted by molar-refractivity contribution is 6.30. The lowest BCUT2D eigenvalue weighted by Gasteiger charge is -2.28. The molecular weight excluding hydrogens is 390 g/mol. The largest absolute Gasteiger partial charge is 0.461 e. The molecule has 0 radical (unpaired) electrons. The predicted octanol–water partition coefficient (Wildman–Crippen LogP) is 3.90. The van der Waals surface area contributed by atoms with Crippen LogP contribution in [0.4, 0.5) is 0 Å². The molecule has 0 unspecified atom stereocenters. The van der Waals surface area contributed by atoms with Gasteiger partial charge in [0.1, 0.15) is 0 Å². The fraction of sp³-hybridized carbons (Fsp3) is 0.227. The molecule has 0 aliphatic carbocycles. The van der Waals surface area contributed by atoms with Crippen molar-refractivity contribution in [3.63, 3.8) is 0 Å². The lowest BCUT2D eigenvalue weighted by molar-refractivity contribution is 0.0513. The summed E-state index contributed by atoms with van der Waals surface area (Å²) in [6, 6.07) is 16.4. The third-order valence-corrected chi connectivity index (χ3v) is 5.16. The summed E-state index contributed by atoms with van der Waals surface area (Å²) in [5.41, 5.74) is 3.33. The lowest BCUT2D eigenvalue weighted by atomic mass is 10.0. The summed E-state index contributed by atoms with van der Waals surface area (Å²) in [7, 11) is 0. The van der Waals surface area contributed by atoms with Crippen LogP contribution in [0.1, 0.15) is 39.0 Å². The normalized spacial score (nSPS) is 13.1. The first-order chi connectivity index (χ1) is 14.1. The molecule has 6 nitrogen and oxygen atoms in total. The Balaban J connectivity index is 1.72.